The fourth-order valence-corrected chi connectivity index (χ4v) is 1.90. The van der Waals surface area contributed by atoms with Crippen LogP contribution in [0.1, 0.15) is 33.5 Å². The molecule has 0 N–H and O–H groups in total. The van der Waals surface area contributed by atoms with Gasteiger partial charge in [0.15, 0.2) is 5.69 Å². The van der Waals surface area contributed by atoms with Crippen molar-refractivity contribution in [3.8, 4) is 5.69 Å². The summed E-state index contributed by atoms with van der Waals surface area (Å²) in [5, 5.41) is 3.68. The number of esters is 1. The number of halogens is 1. The third-order valence-corrected chi connectivity index (χ3v) is 2.93. The molecule has 0 atom stereocenters. The lowest BCUT2D eigenvalue weighted by Crippen LogP contribution is -2.07. The van der Waals surface area contributed by atoms with E-state index < -0.39 is 11.2 Å². The van der Waals surface area contributed by atoms with Gasteiger partial charge in [-0.3, -0.25) is 4.79 Å². The molecule has 2 rings (SSSR count). The molecule has 1 heterocycles. The van der Waals surface area contributed by atoms with Crippen LogP contribution >= 0.6 is 11.6 Å². The Bertz CT molecular complexity index is 647. The van der Waals surface area contributed by atoms with Crippen molar-refractivity contribution in [3.05, 3.63) is 47.3 Å². The molecule has 0 bridgehead atoms. The van der Waals surface area contributed by atoms with Gasteiger partial charge in [-0.2, -0.15) is 5.10 Å². The number of hydrogen-bond donors (Lipinski definition) is 0. The summed E-state index contributed by atoms with van der Waals surface area (Å²) in [6, 6.07) is 8.29. The van der Waals surface area contributed by atoms with Crippen molar-refractivity contribution in [3.63, 3.8) is 0 Å². The van der Waals surface area contributed by atoms with E-state index in [0.717, 1.165) is 11.4 Å². The second-order valence-corrected chi connectivity index (χ2v) is 4.47. The van der Waals surface area contributed by atoms with E-state index >= 15 is 0 Å². The van der Waals surface area contributed by atoms with Crippen LogP contribution < -0.4 is 0 Å². The van der Waals surface area contributed by atoms with E-state index in [9.17, 15) is 9.59 Å². The normalized spacial score (nSPS) is 10.3. The van der Waals surface area contributed by atoms with Gasteiger partial charge in [0, 0.05) is 11.3 Å². The highest BCUT2D eigenvalue weighted by molar-refractivity contribution is 6.67. The third-order valence-electron chi connectivity index (χ3n) is 2.71. The molecule has 20 heavy (non-hydrogen) atoms. The van der Waals surface area contributed by atoms with E-state index in [1.807, 2.05) is 6.92 Å². The van der Waals surface area contributed by atoms with Crippen LogP contribution in [0.25, 0.3) is 5.69 Å². The van der Waals surface area contributed by atoms with Gasteiger partial charge in [-0.05, 0) is 55.8 Å². The van der Waals surface area contributed by atoms with Crippen LogP contribution in [0.3, 0.4) is 0 Å². The first-order valence-corrected chi connectivity index (χ1v) is 6.44. The second kappa shape index (κ2) is 5.88. The zero-order valence-corrected chi connectivity index (χ0v) is 11.8. The molecule has 0 amide bonds. The van der Waals surface area contributed by atoms with Gasteiger partial charge in [-0.25, -0.2) is 9.48 Å². The summed E-state index contributed by atoms with van der Waals surface area (Å²) < 4.78 is 6.51. The Hall–Kier alpha value is -2.14. The summed E-state index contributed by atoms with van der Waals surface area (Å²) in [4.78, 5) is 22.6. The number of nitrogens with zero attached hydrogens (tertiary/aromatic N) is 2. The minimum absolute atomic E-state index is 0.252. The SMILES string of the molecule is CCOC(=O)c1cc(C)n(-c2ccc(C(=O)Cl)cc2)n1. The predicted octanol–water partition coefficient (Wildman–Crippen LogP) is 2.74. The Morgan fingerprint density at radius 3 is 2.50 bits per heavy atom. The summed E-state index contributed by atoms with van der Waals surface area (Å²) >= 11 is 5.39. The van der Waals surface area contributed by atoms with Crippen molar-refractivity contribution in [1.82, 2.24) is 9.78 Å². The van der Waals surface area contributed by atoms with Crippen molar-refractivity contribution < 1.29 is 14.3 Å². The first-order chi connectivity index (χ1) is 9.52. The lowest BCUT2D eigenvalue weighted by molar-refractivity contribution is 0.0519. The third kappa shape index (κ3) is 2.88. The summed E-state index contributed by atoms with van der Waals surface area (Å²) in [6.45, 7) is 3.87. The lowest BCUT2D eigenvalue weighted by atomic mass is 10.2. The molecule has 5 nitrogen and oxygen atoms in total. The van der Waals surface area contributed by atoms with Crippen LogP contribution in [0, 0.1) is 6.92 Å². The van der Waals surface area contributed by atoms with Crippen LogP contribution in [0.15, 0.2) is 30.3 Å². The molecular formula is C14H13ClN2O3. The maximum absolute atomic E-state index is 11.6. The standard InChI is InChI=1S/C14H13ClN2O3/c1-3-20-14(19)12-8-9(2)17(16-12)11-6-4-10(5-7-11)13(15)18/h4-8H,3H2,1-2H3. The fraction of sp³-hybridized carbons (Fsp3) is 0.214. The Morgan fingerprint density at radius 2 is 1.95 bits per heavy atom. The molecule has 1 aromatic carbocycles. The van der Waals surface area contributed by atoms with Crippen molar-refractivity contribution in [2.75, 3.05) is 6.61 Å². The number of rotatable bonds is 4. The molecule has 0 saturated carbocycles. The van der Waals surface area contributed by atoms with Crippen LogP contribution in [0.4, 0.5) is 0 Å². The van der Waals surface area contributed by atoms with Gasteiger partial charge in [0.2, 0.25) is 0 Å². The average Bonchev–Trinajstić information content (AvgIpc) is 2.81. The number of aromatic nitrogens is 2. The van der Waals surface area contributed by atoms with Crippen molar-refractivity contribution in [2.24, 2.45) is 0 Å². The molecule has 2 aromatic rings. The molecule has 0 aliphatic rings. The van der Waals surface area contributed by atoms with Crippen molar-refractivity contribution in [1.29, 1.82) is 0 Å². The Labute approximate surface area is 121 Å². The molecule has 1 aromatic heterocycles. The first-order valence-electron chi connectivity index (χ1n) is 6.07. The molecule has 6 heteroatoms. The number of benzene rings is 1. The highest BCUT2D eigenvalue weighted by Crippen LogP contribution is 2.15. The number of carbonyl (C=O) groups excluding carboxylic acids is 2. The van der Waals surface area contributed by atoms with Gasteiger partial charge in [-0.1, -0.05) is 0 Å². The molecule has 0 radical (unpaired) electrons. The Morgan fingerprint density at radius 1 is 1.30 bits per heavy atom. The van der Waals surface area contributed by atoms with Crippen LogP contribution in [0.2, 0.25) is 0 Å². The van der Waals surface area contributed by atoms with Gasteiger partial charge < -0.3 is 4.74 Å². The number of carbonyl (C=O) groups is 2. The minimum atomic E-state index is -0.513. The topological polar surface area (TPSA) is 61.2 Å². The number of hydrogen-bond acceptors (Lipinski definition) is 4. The van der Waals surface area contributed by atoms with Gasteiger partial charge in [-0.15, -0.1) is 0 Å². The number of ether oxygens (including phenoxy) is 1. The molecule has 0 spiro atoms. The summed E-state index contributed by atoms with van der Waals surface area (Å²) in [7, 11) is 0. The van der Waals surface area contributed by atoms with Crippen LogP contribution in [-0.2, 0) is 4.74 Å². The smallest absolute Gasteiger partial charge is 0.358 e. The Balaban J connectivity index is 2.33. The summed E-state index contributed by atoms with van der Waals surface area (Å²) in [5.41, 5.74) is 2.19. The van der Waals surface area contributed by atoms with Gasteiger partial charge in [0.1, 0.15) is 0 Å². The first kappa shape index (κ1) is 14.3. The highest BCUT2D eigenvalue weighted by atomic mass is 35.5. The molecule has 0 fully saturated rings. The van der Waals surface area contributed by atoms with E-state index in [0.29, 0.717) is 12.2 Å². The maximum atomic E-state index is 11.6. The van der Waals surface area contributed by atoms with Gasteiger partial charge in [0.25, 0.3) is 5.24 Å². The van der Waals surface area contributed by atoms with E-state index in [1.54, 1.807) is 41.9 Å². The van der Waals surface area contributed by atoms with Gasteiger partial charge in [0.05, 0.1) is 12.3 Å². The molecule has 0 saturated heterocycles. The quantitative estimate of drug-likeness (QED) is 0.642. The monoisotopic (exact) mass is 292 g/mol. The van der Waals surface area contributed by atoms with Crippen LogP contribution in [-0.4, -0.2) is 27.6 Å². The molecule has 0 unspecified atom stereocenters. The minimum Gasteiger partial charge on any atom is -0.461 e. The second-order valence-electron chi connectivity index (χ2n) is 4.12. The zero-order chi connectivity index (χ0) is 14.7. The van der Waals surface area contributed by atoms with E-state index in [1.165, 1.54) is 0 Å². The molecule has 104 valence electrons. The lowest BCUT2D eigenvalue weighted by Gasteiger charge is -2.04. The van der Waals surface area contributed by atoms with Crippen molar-refractivity contribution >= 4 is 22.8 Å². The van der Waals surface area contributed by atoms with E-state index in [4.69, 9.17) is 16.3 Å². The largest absolute Gasteiger partial charge is 0.461 e. The predicted molar refractivity (Wildman–Crippen MR) is 74.4 cm³/mol. The van der Waals surface area contributed by atoms with Crippen molar-refractivity contribution in [2.45, 2.75) is 13.8 Å². The summed E-state index contributed by atoms with van der Waals surface area (Å²) in [5.74, 6) is -0.457. The van der Waals surface area contributed by atoms with Gasteiger partial charge >= 0.3 is 5.97 Å². The molecule has 0 aliphatic carbocycles. The Kier molecular flexibility index (Phi) is 4.20. The average molecular weight is 293 g/mol. The zero-order valence-electron chi connectivity index (χ0n) is 11.1. The fourth-order valence-electron chi connectivity index (χ4n) is 1.77. The molecule has 0 aliphatic heterocycles. The highest BCUT2D eigenvalue weighted by Gasteiger charge is 2.14. The van der Waals surface area contributed by atoms with Crippen LogP contribution in [0.5, 0.6) is 0 Å². The van der Waals surface area contributed by atoms with E-state index in [-0.39, 0.29) is 5.69 Å². The molecular weight excluding hydrogens is 280 g/mol. The van der Waals surface area contributed by atoms with E-state index in [2.05, 4.69) is 5.10 Å². The number of aryl methyl sites for hydroxylation is 1. The maximum Gasteiger partial charge on any atom is 0.358 e. The summed E-state index contributed by atoms with van der Waals surface area (Å²) in [6.07, 6.45) is 0.